The van der Waals surface area contributed by atoms with Crippen LogP contribution >= 0.6 is 11.8 Å². The van der Waals surface area contributed by atoms with Crippen LogP contribution in [0.15, 0.2) is 0 Å². The Hall–Kier alpha value is 0.170. The molecule has 0 aliphatic rings. The predicted molar refractivity (Wildman–Crippen MR) is 63.5 cm³/mol. The highest BCUT2D eigenvalue weighted by Crippen LogP contribution is 2.09. The minimum absolute atomic E-state index is 0.285. The molecule has 98 valence electrons. The number of hydrogen-bond donors (Lipinski definition) is 0. The minimum Gasteiger partial charge on any atom is -0.268 e. The molecule has 9 heteroatoms. The molecule has 0 saturated carbocycles. The zero-order valence-corrected chi connectivity index (χ0v) is 11.8. The van der Waals surface area contributed by atoms with Gasteiger partial charge in [0.2, 0.25) is 0 Å². The first-order valence-corrected chi connectivity index (χ1v) is 9.38. The first-order chi connectivity index (χ1) is 7.14. The van der Waals surface area contributed by atoms with Crippen molar-refractivity contribution in [2.75, 3.05) is 31.1 Å². The maximum absolute atomic E-state index is 10.9. The van der Waals surface area contributed by atoms with Crippen LogP contribution in [0.2, 0.25) is 0 Å². The van der Waals surface area contributed by atoms with E-state index in [1.807, 2.05) is 6.26 Å². The summed E-state index contributed by atoms with van der Waals surface area (Å²) >= 11 is 1.51. The summed E-state index contributed by atoms with van der Waals surface area (Å²) in [4.78, 5) is 0. The highest BCUT2D eigenvalue weighted by atomic mass is 32.2. The molecule has 6 nitrogen and oxygen atoms in total. The standard InChI is InChI=1S/C7H16O6S3/c1-14-5-4-7(13-16(3,10)11)6-12-15(2,8)9/h7H,4-6H2,1-3H3. The van der Waals surface area contributed by atoms with Crippen LogP contribution in [0.4, 0.5) is 0 Å². The summed E-state index contributed by atoms with van der Waals surface area (Å²) in [6.07, 6.45) is 3.31. The van der Waals surface area contributed by atoms with Crippen molar-refractivity contribution in [1.82, 2.24) is 0 Å². The van der Waals surface area contributed by atoms with Crippen LogP contribution in [-0.2, 0) is 28.6 Å². The highest BCUT2D eigenvalue weighted by molar-refractivity contribution is 7.98. The van der Waals surface area contributed by atoms with Gasteiger partial charge >= 0.3 is 0 Å². The normalized spacial score (nSPS) is 14.9. The summed E-state index contributed by atoms with van der Waals surface area (Å²) in [6.45, 7) is -0.285. The molecule has 0 amide bonds. The van der Waals surface area contributed by atoms with Gasteiger partial charge < -0.3 is 0 Å². The number of hydrogen-bond acceptors (Lipinski definition) is 7. The van der Waals surface area contributed by atoms with Gasteiger partial charge in [-0.15, -0.1) is 0 Å². The van der Waals surface area contributed by atoms with E-state index in [0.717, 1.165) is 12.5 Å². The van der Waals surface area contributed by atoms with Crippen LogP contribution < -0.4 is 0 Å². The molecule has 0 fully saturated rings. The van der Waals surface area contributed by atoms with Crippen LogP contribution in [-0.4, -0.2) is 54.1 Å². The van der Waals surface area contributed by atoms with Crippen molar-refractivity contribution in [2.24, 2.45) is 0 Å². The van der Waals surface area contributed by atoms with Crippen molar-refractivity contribution in [3.8, 4) is 0 Å². The van der Waals surface area contributed by atoms with Gasteiger partial charge in [-0.2, -0.15) is 28.6 Å². The van der Waals surface area contributed by atoms with Gasteiger partial charge in [-0.3, -0.25) is 8.37 Å². The molecule has 0 aromatic heterocycles. The molecule has 0 bridgehead atoms. The van der Waals surface area contributed by atoms with Crippen LogP contribution in [0.25, 0.3) is 0 Å². The van der Waals surface area contributed by atoms with Crippen LogP contribution in [0.1, 0.15) is 6.42 Å². The van der Waals surface area contributed by atoms with Gasteiger partial charge in [-0.25, -0.2) is 0 Å². The summed E-state index contributed by atoms with van der Waals surface area (Å²) in [6, 6.07) is 0. The minimum atomic E-state index is -3.61. The maximum atomic E-state index is 10.9. The van der Waals surface area contributed by atoms with Crippen LogP contribution in [0.5, 0.6) is 0 Å². The fourth-order valence-corrected chi connectivity index (χ4v) is 2.40. The van der Waals surface area contributed by atoms with E-state index in [-0.39, 0.29) is 6.61 Å². The molecule has 0 saturated heterocycles. The Labute approximate surface area is 101 Å². The average Bonchev–Trinajstić information content (AvgIpc) is 2.06. The first-order valence-electron chi connectivity index (χ1n) is 4.35. The van der Waals surface area contributed by atoms with Crippen molar-refractivity contribution in [1.29, 1.82) is 0 Å². The molecule has 1 atom stereocenters. The third-order valence-electron chi connectivity index (χ3n) is 1.42. The Morgan fingerprint density at radius 1 is 1.12 bits per heavy atom. The molecule has 0 N–H and O–H groups in total. The Kier molecular flexibility index (Phi) is 6.87. The van der Waals surface area contributed by atoms with Gasteiger partial charge in [0.25, 0.3) is 20.2 Å². The van der Waals surface area contributed by atoms with Crippen molar-refractivity contribution in [3.63, 3.8) is 0 Å². The van der Waals surface area contributed by atoms with Crippen molar-refractivity contribution in [2.45, 2.75) is 12.5 Å². The van der Waals surface area contributed by atoms with E-state index in [1.165, 1.54) is 11.8 Å². The molecule has 0 rings (SSSR count). The molecular formula is C7H16O6S3. The Bertz CT molecular complexity index is 384. The van der Waals surface area contributed by atoms with Gasteiger partial charge in [-0.1, -0.05) is 0 Å². The summed E-state index contributed by atoms with van der Waals surface area (Å²) < 4.78 is 52.5. The fraction of sp³-hybridized carbons (Fsp3) is 1.00. The molecule has 0 aromatic rings. The van der Waals surface area contributed by atoms with Gasteiger partial charge in [-0.05, 0) is 18.4 Å². The van der Waals surface area contributed by atoms with Gasteiger partial charge in [0.15, 0.2) is 0 Å². The molecule has 0 heterocycles. The monoisotopic (exact) mass is 292 g/mol. The molecular weight excluding hydrogens is 276 g/mol. The van der Waals surface area contributed by atoms with E-state index in [1.54, 1.807) is 0 Å². The van der Waals surface area contributed by atoms with Crippen LogP contribution in [0.3, 0.4) is 0 Å². The molecule has 16 heavy (non-hydrogen) atoms. The van der Waals surface area contributed by atoms with Gasteiger partial charge in [0.05, 0.1) is 19.1 Å². The first kappa shape index (κ1) is 16.2. The van der Waals surface area contributed by atoms with Gasteiger partial charge in [0, 0.05) is 0 Å². The molecule has 0 aliphatic carbocycles. The van der Waals surface area contributed by atoms with E-state index in [9.17, 15) is 16.8 Å². The summed E-state index contributed by atoms with van der Waals surface area (Å²) in [5, 5.41) is 0. The lowest BCUT2D eigenvalue weighted by Gasteiger charge is -2.14. The van der Waals surface area contributed by atoms with Crippen molar-refractivity contribution < 1.29 is 25.2 Å². The lowest BCUT2D eigenvalue weighted by molar-refractivity contribution is 0.137. The fourth-order valence-electron chi connectivity index (χ4n) is 0.855. The van der Waals surface area contributed by atoms with Crippen molar-refractivity contribution >= 4 is 32.0 Å². The third-order valence-corrected chi connectivity index (χ3v) is 3.25. The topological polar surface area (TPSA) is 86.7 Å². The van der Waals surface area contributed by atoms with E-state index in [2.05, 4.69) is 4.18 Å². The zero-order valence-electron chi connectivity index (χ0n) is 9.37. The summed E-state index contributed by atoms with van der Waals surface area (Å²) in [5.41, 5.74) is 0. The van der Waals surface area contributed by atoms with E-state index < -0.39 is 26.3 Å². The SMILES string of the molecule is CSCCC(COS(C)(=O)=O)OS(C)(=O)=O. The maximum Gasteiger partial charge on any atom is 0.264 e. The smallest absolute Gasteiger partial charge is 0.264 e. The van der Waals surface area contributed by atoms with E-state index in [0.29, 0.717) is 12.2 Å². The largest absolute Gasteiger partial charge is 0.268 e. The average molecular weight is 292 g/mol. The lowest BCUT2D eigenvalue weighted by Crippen LogP contribution is -2.25. The second kappa shape index (κ2) is 6.80. The third kappa shape index (κ3) is 10.7. The number of rotatable bonds is 8. The summed E-state index contributed by atoms with van der Waals surface area (Å²) in [7, 11) is -7.19. The number of thioether (sulfide) groups is 1. The second-order valence-corrected chi connectivity index (χ2v) is 7.42. The van der Waals surface area contributed by atoms with Crippen LogP contribution in [0, 0.1) is 0 Å². The van der Waals surface area contributed by atoms with E-state index >= 15 is 0 Å². The zero-order chi connectivity index (χ0) is 12.8. The summed E-state index contributed by atoms with van der Waals surface area (Å²) in [5.74, 6) is 0.660. The second-order valence-electron chi connectivity index (χ2n) is 3.19. The molecule has 1 unspecified atom stereocenters. The Balaban J connectivity index is 4.32. The highest BCUT2D eigenvalue weighted by Gasteiger charge is 2.17. The molecule has 0 spiro atoms. The van der Waals surface area contributed by atoms with Gasteiger partial charge in [0.1, 0.15) is 6.10 Å². The Morgan fingerprint density at radius 2 is 1.69 bits per heavy atom. The predicted octanol–water partition coefficient (Wildman–Crippen LogP) is 0.0605. The lowest BCUT2D eigenvalue weighted by atomic mass is 10.3. The van der Waals surface area contributed by atoms with Crippen molar-refractivity contribution in [3.05, 3.63) is 0 Å². The molecule has 0 radical (unpaired) electrons. The quantitative estimate of drug-likeness (QED) is 0.585. The Morgan fingerprint density at radius 3 is 2.06 bits per heavy atom. The molecule has 0 aromatic carbocycles. The van der Waals surface area contributed by atoms with E-state index in [4.69, 9.17) is 4.18 Å². The molecule has 0 aliphatic heterocycles.